The van der Waals surface area contributed by atoms with Crippen LogP contribution in [-0.2, 0) is 30.8 Å². The van der Waals surface area contributed by atoms with Crippen molar-refractivity contribution in [2.75, 3.05) is 19.0 Å². The molecule has 0 aliphatic heterocycles. The third kappa shape index (κ3) is 6.14. The number of carbonyl (C=O) groups excluding carboxylic acids is 2. The number of amides is 1. The van der Waals surface area contributed by atoms with E-state index in [1.54, 1.807) is 37.5 Å². The number of anilines is 1. The maximum absolute atomic E-state index is 13.2. The van der Waals surface area contributed by atoms with Crippen molar-refractivity contribution < 1.29 is 22.7 Å². The lowest BCUT2D eigenvalue weighted by Gasteiger charge is -2.30. The van der Waals surface area contributed by atoms with Crippen molar-refractivity contribution in [1.29, 1.82) is 0 Å². The Bertz CT molecular complexity index is 1050. The van der Waals surface area contributed by atoms with Gasteiger partial charge in [0.1, 0.15) is 4.90 Å². The molecular weight excluding hydrogens is 430 g/mol. The predicted octanol–water partition coefficient (Wildman–Crippen LogP) is 3.07. The van der Waals surface area contributed by atoms with Crippen LogP contribution in [0.25, 0.3) is 0 Å². The van der Waals surface area contributed by atoms with Crippen molar-refractivity contribution >= 4 is 27.6 Å². The van der Waals surface area contributed by atoms with Gasteiger partial charge in [-0.25, -0.2) is 8.42 Å². The maximum atomic E-state index is 13.2. The lowest BCUT2D eigenvalue weighted by molar-refractivity contribution is -0.146. The predicted molar refractivity (Wildman–Crippen MR) is 121 cm³/mol. The highest BCUT2D eigenvalue weighted by Gasteiger charge is 2.31. The Morgan fingerprint density at radius 1 is 1.12 bits per heavy atom. The van der Waals surface area contributed by atoms with Crippen molar-refractivity contribution in [3.8, 4) is 0 Å². The highest BCUT2D eigenvalue weighted by molar-refractivity contribution is 7.89. The van der Waals surface area contributed by atoms with Crippen LogP contribution in [0.5, 0.6) is 0 Å². The third-order valence-corrected chi connectivity index (χ3v) is 7.56. The molecule has 172 valence electrons. The number of ether oxygens (including phenoxy) is 1. The Balaban J connectivity index is 1.61. The van der Waals surface area contributed by atoms with Crippen LogP contribution in [-0.4, -0.2) is 49.3 Å². The van der Waals surface area contributed by atoms with Crippen LogP contribution in [0.15, 0.2) is 47.5 Å². The molecule has 1 fully saturated rings. The fraction of sp³-hybridized carbons (Fsp3) is 0.435. The summed E-state index contributed by atoms with van der Waals surface area (Å²) in [5, 5.41) is 2.57. The molecule has 0 unspecified atom stereocenters. The van der Waals surface area contributed by atoms with Gasteiger partial charge in [-0.05, 0) is 43.5 Å². The quantitative estimate of drug-likeness (QED) is 0.608. The normalized spacial score (nSPS) is 14.8. The van der Waals surface area contributed by atoms with E-state index in [1.807, 2.05) is 6.92 Å². The lowest BCUT2D eigenvalue weighted by Crippen LogP contribution is -2.38. The molecule has 9 heteroatoms. The summed E-state index contributed by atoms with van der Waals surface area (Å²) < 4.78 is 32.9. The molecule has 1 N–H and O–H groups in total. The summed E-state index contributed by atoms with van der Waals surface area (Å²) in [7, 11) is -2.20. The second kappa shape index (κ2) is 10.7. The first-order valence-corrected chi connectivity index (χ1v) is 12.2. The van der Waals surface area contributed by atoms with Gasteiger partial charge >= 0.3 is 5.97 Å². The van der Waals surface area contributed by atoms with Crippen molar-refractivity contribution in [3.63, 3.8) is 0 Å². The number of nitrogens with one attached hydrogen (secondary N) is 1. The van der Waals surface area contributed by atoms with Crippen LogP contribution < -0.4 is 5.32 Å². The second-order valence-electron chi connectivity index (χ2n) is 8.00. The largest absolute Gasteiger partial charge is 0.455 e. The first kappa shape index (κ1) is 23.9. The Morgan fingerprint density at radius 2 is 1.84 bits per heavy atom. The molecule has 0 bridgehead atoms. The minimum atomic E-state index is -3.79. The molecule has 0 saturated heterocycles. The Morgan fingerprint density at radius 3 is 2.53 bits per heavy atom. The average Bonchev–Trinajstić information content (AvgIpc) is 2.79. The molecule has 1 saturated carbocycles. The van der Waals surface area contributed by atoms with Gasteiger partial charge in [-0.2, -0.15) is 4.31 Å². The van der Waals surface area contributed by atoms with E-state index in [1.165, 1.54) is 16.4 Å². The molecule has 0 spiro atoms. The fourth-order valence-electron chi connectivity index (χ4n) is 3.74. The van der Waals surface area contributed by atoms with E-state index in [4.69, 9.17) is 4.74 Å². The van der Waals surface area contributed by atoms with Gasteiger partial charge in [0.15, 0.2) is 6.61 Å². The number of hydrogen-bond acceptors (Lipinski definition) is 6. The minimum Gasteiger partial charge on any atom is -0.455 e. The van der Waals surface area contributed by atoms with Crippen LogP contribution in [0.2, 0.25) is 0 Å². The van der Waals surface area contributed by atoms with Crippen molar-refractivity contribution in [2.24, 2.45) is 0 Å². The number of rotatable bonds is 8. The van der Waals surface area contributed by atoms with Gasteiger partial charge in [0.05, 0.1) is 12.1 Å². The maximum Gasteiger partial charge on any atom is 0.310 e. The Labute approximate surface area is 189 Å². The van der Waals surface area contributed by atoms with E-state index >= 15 is 0 Å². The molecule has 1 aromatic heterocycles. The van der Waals surface area contributed by atoms with Gasteiger partial charge in [-0.3, -0.25) is 14.6 Å². The monoisotopic (exact) mass is 459 g/mol. The minimum absolute atomic E-state index is 0.00227. The lowest BCUT2D eigenvalue weighted by atomic mass is 9.96. The van der Waals surface area contributed by atoms with Crippen LogP contribution in [0, 0.1) is 6.92 Å². The number of pyridine rings is 1. The molecule has 2 aromatic rings. The highest BCUT2D eigenvalue weighted by Crippen LogP contribution is 2.29. The summed E-state index contributed by atoms with van der Waals surface area (Å²) in [4.78, 5) is 28.5. The van der Waals surface area contributed by atoms with E-state index in [-0.39, 0.29) is 23.0 Å². The molecule has 1 aliphatic carbocycles. The smallest absolute Gasteiger partial charge is 0.310 e. The number of aromatic nitrogens is 1. The number of esters is 1. The summed E-state index contributed by atoms with van der Waals surface area (Å²) in [6, 6.07) is 9.78. The van der Waals surface area contributed by atoms with Crippen molar-refractivity contribution in [3.05, 3.63) is 53.9 Å². The van der Waals surface area contributed by atoms with E-state index in [9.17, 15) is 18.0 Å². The molecule has 0 atom stereocenters. The summed E-state index contributed by atoms with van der Waals surface area (Å²) in [5.74, 6) is -1.17. The summed E-state index contributed by atoms with van der Waals surface area (Å²) in [6.45, 7) is 1.34. The van der Waals surface area contributed by atoms with Crippen LogP contribution in [0.4, 0.5) is 5.69 Å². The van der Waals surface area contributed by atoms with Gasteiger partial charge in [0.2, 0.25) is 10.0 Å². The molecule has 1 aliphatic rings. The zero-order chi connectivity index (χ0) is 23.1. The molecule has 8 nitrogen and oxygen atoms in total. The van der Waals surface area contributed by atoms with Crippen molar-refractivity contribution in [2.45, 2.75) is 56.4 Å². The number of sulfonamides is 1. The topological polar surface area (TPSA) is 106 Å². The molecule has 3 rings (SSSR count). The van der Waals surface area contributed by atoms with Crippen molar-refractivity contribution in [1.82, 2.24) is 9.29 Å². The molecule has 1 aromatic carbocycles. The van der Waals surface area contributed by atoms with Gasteiger partial charge in [0, 0.05) is 25.0 Å². The second-order valence-corrected chi connectivity index (χ2v) is 9.97. The standard InChI is InChI=1S/C23H29N3O5S/c1-17-12-13-18(15-24-17)14-23(28)31-16-22(27)25-20-10-6-7-11-21(20)32(29,30)26(2)19-8-4-3-5-9-19/h6-7,10-13,15,19H,3-5,8-9,14,16H2,1-2H3,(H,25,27). The molecular formula is C23H29N3O5S. The number of aryl methyl sites for hydroxylation is 1. The van der Waals surface area contributed by atoms with Gasteiger partial charge in [0.25, 0.3) is 5.91 Å². The number of carbonyl (C=O) groups is 2. The SMILES string of the molecule is Cc1ccc(CC(=O)OCC(=O)Nc2ccccc2S(=O)(=O)N(C)C2CCCCC2)cn1. The van der Waals surface area contributed by atoms with Gasteiger partial charge < -0.3 is 10.1 Å². The average molecular weight is 460 g/mol. The summed E-state index contributed by atoms with van der Waals surface area (Å²) in [5.41, 5.74) is 1.69. The molecule has 1 amide bonds. The third-order valence-electron chi connectivity index (χ3n) is 5.59. The Kier molecular flexibility index (Phi) is 7.98. The zero-order valence-corrected chi connectivity index (χ0v) is 19.2. The molecule has 32 heavy (non-hydrogen) atoms. The van der Waals surface area contributed by atoms with E-state index < -0.39 is 28.5 Å². The fourth-order valence-corrected chi connectivity index (χ4v) is 5.31. The number of benzene rings is 1. The summed E-state index contributed by atoms with van der Waals surface area (Å²) in [6.07, 6.45) is 6.38. The first-order chi connectivity index (χ1) is 15.3. The molecule has 0 radical (unpaired) electrons. The van der Waals surface area contributed by atoms with Crippen LogP contribution in [0.3, 0.4) is 0 Å². The van der Waals surface area contributed by atoms with Crippen LogP contribution in [0.1, 0.15) is 43.4 Å². The van der Waals surface area contributed by atoms with Crippen LogP contribution >= 0.6 is 0 Å². The Hall–Kier alpha value is -2.78. The number of para-hydroxylation sites is 1. The van der Waals surface area contributed by atoms with E-state index in [0.717, 1.165) is 37.8 Å². The van der Waals surface area contributed by atoms with Gasteiger partial charge in [-0.15, -0.1) is 0 Å². The number of hydrogen-bond donors (Lipinski definition) is 1. The zero-order valence-electron chi connectivity index (χ0n) is 18.4. The first-order valence-electron chi connectivity index (χ1n) is 10.7. The van der Waals surface area contributed by atoms with Gasteiger partial charge in [-0.1, -0.05) is 37.5 Å². The van der Waals surface area contributed by atoms with E-state index in [0.29, 0.717) is 5.56 Å². The molecule has 1 heterocycles. The van der Waals surface area contributed by atoms with E-state index in [2.05, 4.69) is 10.3 Å². The summed E-state index contributed by atoms with van der Waals surface area (Å²) >= 11 is 0. The highest BCUT2D eigenvalue weighted by atomic mass is 32.2. The number of nitrogens with zero attached hydrogens (tertiary/aromatic N) is 2.